The molecule has 22 heavy (non-hydrogen) atoms. The smallest absolute Gasteiger partial charge is 0.277 e. The number of amides is 1. The van der Waals surface area contributed by atoms with E-state index in [0.717, 1.165) is 30.5 Å². The highest BCUT2D eigenvalue weighted by molar-refractivity contribution is 5.81. The Morgan fingerprint density at radius 2 is 2.36 bits per heavy atom. The molecule has 0 radical (unpaired) electrons. The summed E-state index contributed by atoms with van der Waals surface area (Å²) in [6.07, 6.45) is 3.75. The Morgan fingerprint density at radius 1 is 1.55 bits per heavy atom. The quantitative estimate of drug-likeness (QED) is 0.883. The molecular weight excluding hydrogens is 284 g/mol. The number of nitrogens with zero attached hydrogens (tertiary/aromatic N) is 3. The zero-order chi connectivity index (χ0) is 15.7. The van der Waals surface area contributed by atoms with Crippen LogP contribution < -0.4 is 10.9 Å². The van der Waals surface area contributed by atoms with Crippen LogP contribution in [0.3, 0.4) is 0 Å². The summed E-state index contributed by atoms with van der Waals surface area (Å²) in [5, 5.41) is 7.89. The fourth-order valence-corrected chi connectivity index (χ4v) is 2.86. The minimum absolute atomic E-state index is 0.00568. The van der Waals surface area contributed by atoms with Crippen LogP contribution in [0.15, 0.2) is 17.1 Å². The van der Waals surface area contributed by atoms with Gasteiger partial charge in [0, 0.05) is 31.8 Å². The molecule has 0 saturated carbocycles. The number of pyridine rings is 1. The molecule has 1 fully saturated rings. The van der Waals surface area contributed by atoms with Gasteiger partial charge in [0.25, 0.3) is 5.56 Å². The number of carbonyl (C=O) groups is 1. The molecule has 1 saturated heterocycles. The minimum Gasteiger partial charge on any atom is -0.376 e. The van der Waals surface area contributed by atoms with Crippen LogP contribution in [0.1, 0.15) is 18.5 Å². The van der Waals surface area contributed by atoms with Crippen LogP contribution in [0.25, 0.3) is 10.9 Å². The van der Waals surface area contributed by atoms with Gasteiger partial charge in [-0.05, 0) is 25.8 Å². The van der Waals surface area contributed by atoms with Gasteiger partial charge >= 0.3 is 0 Å². The van der Waals surface area contributed by atoms with E-state index in [1.807, 2.05) is 13.0 Å². The number of hydrogen-bond donors (Lipinski definition) is 1. The summed E-state index contributed by atoms with van der Waals surface area (Å²) in [5.41, 5.74) is 1.13. The molecule has 1 aliphatic rings. The van der Waals surface area contributed by atoms with Crippen LogP contribution >= 0.6 is 0 Å². The number of fused-ring (bicyclic) bond motifs is 1. The highest BCUT2D eigenvalue weighted by Crippen LogP contribution is 2.13. The predicted molar refractivity (Wildman–Crippen MR) is 81.7 cm³/mol. The topological polar surface area (TPSA) is 78.2 Å². The van der Waals surface area contributed by atoms with Gasteiger partial charge in [-0.3, -0.25) is 14.3 Å². The average Bonchev–Trinajstić information content (AvgIpc) is 3.08. The SMILES string of the molecule is Cc1nn(C)c2c(=O)n(CC(=O)NCC3CCCO3)ccc12. The highest BCUT2D eigenvalue weighted by atomic mass is 16.5. The van der Waals surface area contributed by atoms with Crippen molar-refractivity contribution in [2.75, 3.05) is 13.2 Å². The molecule has 7 nitrogen and oxygen atoms in total. The second-order valence-corrected chi connectivity index (χ2v) is 5.66. The molecular formula is C15H20N4O3. The van der Waals surface area contributed by atoms with E-state index in [2.05, 4.69) is 10.4 Å². The molecule has 1 aliphatic heterocycles. The first-order valence-electron chi connectivity index (χ1n) is 7.47. The van der Waals surface area contributed by atoms with Crippen LogP contribution in [0.5, 0.6) is 0 Å². The molecule has 7 heteroatoms. The van der Waals surface area contributed by atoms with Gasteiger partial charge in [0.1, 0.15) is 12.1 Å². The monoisotopic (exact) mass is 304 g/mol. The highest BCUT2D eigenvalue weighted by Gasteiger charge is 2.17. The van der Waals surface area contributed by atoms with E-state index in [1.54, 1.807) is 17.9 Å². The first kappa shape index (κ1) is 14.8. The summed E-state index contributed by atoms with van der Waals surface area (Å²) in [6.45, 7) is 3.13. The Kier molecular flexibility index (Phi) is 3.98. The van der Waals surface area contributed by atoms with E-state index in [4.69, 9.17) is 4.74 Å². The third-order valence-corrected chi connectivity index (χ3v) is 4.02. The molecule has 3 rings (SSSR count). The van der Waals surface area contributed by atoms with Gasteiger partial charge in [0.2, 0.25) is 5.91 Å². The Bertz CT molecular complexity index is 756. The number of aromatic nitrogens is 3. The van der Waals surface area contributed by atoms with Crippen molar-refractivity contribution in [1.82, 2.24) is 19.7 Å². The van der Waals surface area contributed by atoms with Crippen molar-refractivity contribution in [3.05, 3.63) is 28.3 Å². The first-order valence-corrected chi connectivity index (χ1v) is 7.47. The van der Waals surface area contributed by atoms with Crippen molar-refractivity contribution in [3.63, 3.8) is 0 Å². The molecule has 1 unspecified atom stereocenters. The van der Waals surface area contributed by atoms with Gasteiger partial charge in [0.05, 0.1) is 11.8 Å². The van der Waals surface area contributed by atoms with Gasteiger partial charge in [-0.15, -0.1) is 0 Å². The van der Waals surface area contributed by atoms with E-state index in [-0.39, 0.29) is 24.1 Å². The molecule has 2 aromatic heterocycles. The largest absolute Gasteiger partial charge is 0.376 e. The third kappa shape index (κ3) is 2.76. The van der Waals surface area contributed by atoms with Crippen molar-refractivity contribution in [3.8, 4) is 0 Å². The van der Waals surface area contributed by atoms with Crippen molar-refractivity contribution >= 4 is 16.8 Å². The second kappa shape index (κ2) is 5.92. The van der Waals surface area contributed by atoms with Crippen LogP contribution in [0.4, 0.5) is 0 Å². The fourth-order valence-electron chi connectivity index (χ4n) is 2.86. The number of rotatable bonds is 4. The molecule has 0 spiro atoms. The predicted octanol–water partition coefficient (Wildman–Crippen LogP) is 0.339. The maximum absolute atomic E-state index is 12.5. The Hall–Kier alpha value is -2.15. The van der Waals surface area contributed by atoms with E-state index in [0.29, 0.717) is 12.1 Å². The zero-order valence-corrected chi connectivity index (χ0v) is 12.8. The summed E-state index contributed by atoms with van der Waals surface area (Å²) in [5.74, 6) is -0.184. The maximum atomic E-state index is 12.5. The van der Waals surface area contributed by atoms with E-state index >= 15 is 0 Å². The van der Waals surface area contributed by atoms with Crippen molar-refractivity contribution in [1.29, 1.82) is 0 Å². The lowest BCUT2D eigenvalue weighted by atomic mass is 10.2. The lowest BCUT2D eigenvalue weighted by molar-refractivity contribution is -0.122. The molecule has 118 valence electrons. The van der Waals surface area contributed by atoms with E-state index in [9.17, 15) is 9.59 Å². The fraction of sp³-hybridized carbons (Fsp3) is 0.533. The molecule has 2 aromatic rings. The lowest BCUT2D eigenvalue weighted by Crippen LogP contribution is -2.36. The lowest BCUT2D eigenvalue weighted by Gasteiger charge is -2.11. The number of carbonyl (C=O) groups excluding carboxylic acids is 1. The van der Waals surface area contributed by atoms with Crippen molar-refractivity contribution in [2.45, 2.75) is 32.4 Å². The summed E-state index contributed by atoms with van der Waals surface area (Å²) in [6, 6.07) is 1.83. The molecule has 1 amide bonds. The maximum Gasteiger partial charge on any atom is 0.277 e. The van der Waals surface area contributed by atoms with Gasteiger partial charge in [-0.25, -0.2) is 0 Å². The van der Waals surface area contributed by atoms with Crippen LogP contribution in [0.2, 0.25) is 0 Å². The molecule has 0 bridgehead atoms. The zero-order valence-electron chi connectivity index (χ0n) is 12.8. The summed E-state index contributed by atoms with van der Waals surface area (Å²) in [7, 11) is 1.73. The van der Waals surface area contributed by atoms with Crippen LogP contribution in [-0.4, -0.2) is 39.5 Å². The minimum atomic E-state index is -0.201. The molecule has 0 aliphatic carbocycles. The van der Waals surface area contributed by atoms with Gasteiger partial charge in [0.15, 0.2) is 0 Å². The van der Waals surface area contributed by atoms with E-state index < -0.39 is 0 Å². The molecule has 3 heterocycles. The number of aryl methyl sites for hydroxylation is 2. The van der Waals surface area contributed by atoms with Crippen LogP contribution in [-0.2, 0) is 23.1 Å². The molecule has 1 N–H and O–H groups in total. The Labute approximate surface area is 127 Å². The normalized spacial score (nSPS) is 18.0. The average molecular weight is 304 g/mol. The second-order valence-electron chi connectivity index (χ2n) is 5.66. The van der Waals surface area contributed by atoms with Crippen molar-refractivity contribution in [2.24, 2.45) is 7.05 Å². The first-order chi connectivity index (χ1) is 10.6. The molecule has 1 atom stereocenters. The Balaban J connectivity index is 1.73. The number of nitrogens with one attached hydrogen (secondary N) is 1. The summed E-state index contributed by atoms with van der Waals surface area (Å²) >= 11 is 0. The van der Waals surface area contributed by atoms with Gasteiger partial charge in [-0.1, -0.05) is 0 Å². The van der Waals surface area contributed by atoms with Crippen LogP contribution in [0, 0.1) is 6.92 Å². The van der Waals surface area contributed by atoms with Crippen molar-refractivity contribution < 1.29 is 9.53 Å². The van der Waals surface area contributed by atoms with Gasteiger partial charge < -0.3 is 14.6 Å². The summed E-state index contributed by atoms with van der Waals surface area (Å²) in [4.78, 5) is 24.5. The molecule has 0 aromatic carbocycles. The summed E-state index contributed by atoms with van der Waals surface area (Å²) < 4.78 is 8.43. The Morgan fingerprint density at radius 3 is 3.09 bits per heavy atom. The van der Waals surface area contributed by atoms with E-state index in [1.165, 1.54) is 4.57 Å². The third-order valence-electron chi connectivity index (χ3n) is 4.02. The standard InChI is InChI=1S/C15H20N4O3/c1-10-12-5-6-19(15(21)14(12)18(2)17-10)9-13(20)16-8-11-4-3-7-22-11/h5-6,11H,3-4,7-9H2,1-2H3,(H,16,20). The number of hydrogen-bond acceptors (Lipinski definition) is 4. The number of ether oxygens (including phenoxy) is 1. The van der Waals surface area contributed by atoms with Gasteiger partial charge in [-0.2, -0.15) is 5.10 Å².